The molecule has 0 aliphatic rings. The quantitative estimate of drug-likeness (QED) is 0.690. The predicted molar refractivity (Wildman–Crippen MR) is 98.0 cm³/mol. The SMILES string of the molecule is CCCC(c1nccc2c(C)c(C)[nH]c12)N(C)c1ccc(F)cc1. The molecule has 1 unspecified atom stereocenters. The highest BCUT2D eigenvalue weighted by atomic mass is 19.1. The van der Waals surface area contributed by atoms with E-state index >= 15 is 0 Å². The first kappa shape index (κ1) is 16.5. The molecule has 1 N–H and O–H groups in total. The second kappa shape index (κ2) is 6.63. The zero-order valence-electron chi connectivity index (χ0n) is 14.7. The van der Waals surface area contributed by atoms with E-state index in [2.05, 4.69) is 43.8 Å². The smallest absolute Gasteiger partial charge is 0.123 e. The Hall–Kier alpha value is -2.36. The molecule has 126 valence electrons. The third kappa shape index (κ3) is 2.88. The Morgan fingerprint density at radius 2 is 1.88 bits per heavy atom. The van der Waals surface area contributed by atoms with Gasteiger partial charge >= 0.3 is 0 Å². The Labute approximate surface area is 142 Å². The highest BCUT2D eigenvalue weighted by Crippen LogP contribution is 2.33. The maximum atomic E-state index is 13.2. The molecular formula is C20H24FN3. The molecule has 2 heterocycles. The van der Waals surface area contributed by atoms with Crippen LogP contribution in [0, 0.1) is 19.7 Å². The molecule has 2 aromatic heterocycles. The van der Waals surface area contributed by atoms with Crippen LogP contribution < -0.4 is 4.90 Å². The Bertz CT molecular complexity index is 836. The van der Waals surface area contributed by atoms with E-state index in [1.807, 2.05) is 18.3 Å². The van der Waals surface area contributed by atoms with Crippen LogP contribution >= 0.6 is 0 Å². The van der Waals surface area contributed by atoms with E-state index in [9.17, 15) is 4.39 Å². The molecule has 0 bridgehead atoms. The number of aromatic amines is 1. The van der Waals surface area contributed by atoms with E-state index in [4.69, 9.17) is 4.98 Å². The van der Waals surface area contributed by atoms with E-state index in [1.165, 1.54) is 28.8 Å². The number of anilines is 1. The second-order valence-corrected chi connectivity index (χ2v) is 6.39. The lowest BCUT2D eigenvalue weighted by Gasteiger charge is -2.30. The molecule has 0 amide bonds. The summed E-state index contributed by atoms with van der Waals surface area (Å²) in [5.41, 5.74) is 5.61. The largest absolute Gasteiger partial charge is 0.366 e. The topological polar surface area (TPSA) is 31.9 Å². The maximum Gasteiger partial charge on any atom is 0.123 e. The zero-order valence-corrected chi connectivity index (χ0v) is 14.7. The summed E-state index contributed by atoms with van der Waals surface area (Å²) < 4.78 is 13.2. The number of fused-ring (bicyclic) bond motifs is 1. The lowest BCUT2D eigenvalue weighted by molar-refractivity contribution is 0.589. The highest BCUT2D eigenvalue weighted by Gasteiger charge is 2.22. The number of pyridine rings is 1. The monoisotopic (exact) mass is 325 g/mol. The average molecular weight is 325 g/mol. The van der Waals surface area contributed by atoms with Crippen LogP contribution in [0.15, 0.2) is 36.5 Å². The first-order valence-corrected chi connectivity index (χ1v) is 8.45. The number of hydrogen-bond acceptors (Lipinski definition) is 2. The van der Waals surface area contributed by atoms with Crippen molar-refractivity contribution in [3.8, 4) is 0 Å². The fourth-order valence-electron chi connectivity index (χ4n) is 3.30. The molecule has 0 aliphatic carbocycles. The fraction of sp³-hybridized carbons (Fsp3) is 0.350. The first-order chi connectivity index (χ1) is 11.5. The summed E-state index contributed by atoms with van der Waals surface area (Å²) in [5.74, 6) is -0.213. The van der Waals surface area contributed by atoms with Gasteiger partial charge in [0.15, 0.2) is 0 Å². The molecular weight excluding hydrogens is 301 g/mol. The highest BCUT2D eigenvalue weighted by molar-refractivity contribution is 5.86. The van der Waals surface area contributed by atoms with Gasteiger partial charge in [0.2, 0.25) is 0 Å². The Kier molecular flexibility index (Phi) is 4.56. The number of hydrogen-bond donors (Lipinski definition) is 1. The number of halogens is 1. The normalized spacial score (nSPS) is 12.5. The van der Waals surface area contributed by atoms with Crippen molar-refractivity contribution in [2.45, 2.75) is 39.7 Å². The molecule has 0 fully saturated rings. The number of H-pyrrole nitrogens is 1. The van der Waals surface area contributed by atoms with Gasteiger partial charge < -0.3 is 9.88 Å². The maximum absolute atomic E-state index is 13.2. The van der Waals surface area contributed by atoms with Crippen LogP contribution in [0.4, 0.5) is 10.1 Å². The van der Waals surface area contributed by atoms with Crippen LogP contribution in [0.1, 0.15) is 42.8 Å². The molecule has 0 saturated heterocycles. The summed E-state index contributed by atoms with van der Waals surface area (Å²) >= 11 is 0. The first-order valence-electron chi connectivity index (χ1n) is 8.45. The summed E-state index contributed by atoms with van der Waals surface area (Å²) in [6.45, 7) is 6.41. The fourth-order valence-corrected chi connectivity index (χ4v) is 3.30. The van der Waals surface area contributed by atoms with Crippen molar-refractivity contribution in [3.05, 3.63) is 59.3 Å². The van der Waals surface area contributed by atoms with E-state index in [1.54, 1.807) is 0 Å². The summed E-state index contributed by atoms with van der Waals surface area (Å²) in [7, 11) is 2.05. The van der Waals surface area contributed by atoms with E-state index in [-0.39, 0.29) is 11.9 Å². The minimum absolute atomic E-state index is 0.140. The molecule has 1 atom stereocenters. The predicted octanol–water partition coefficient (Wildman–Crippen LogP) is 5.30. The van der Waals surface area contributed by atoms with Gasteiger partial charge in [-0.3, -0.25) is 4.98 Å². The molecule has 1 aromatic carbocycles. The van der Waals surface area contributed by atoms with Crippen molar-refractivity contribution in [1.82, 2.24) is 9.97 Å². The van der Waals surface area contributed by atoms with E-state index in [0.717, 1.165) is 29.7 Å². The molecule has 0 spiro atoms. The molecule has 3 nitrogen and oxygen atoms in total. The van der Waals surface area contributed by atoms with Crippen molar-refractivity contribution in [1.29, 1.82) is 0 Å². The summed E-state index contributed by atoms with van der Waals surface area (Å²) in [5, 5.41) is 1.23. The van der Waals surface area contributed by atoms with Crippen LogP contribution in [0.5, 0.6) is 0 Å². The van der Waals surface area contributed by atoms with Gasteiger partial charge in [-0.25, -0.2) is 4.39 Å². The molecule has 4 heteroatoms. The van der Waals surface area contributed by atoms with Crippen molar-refractivity contribution in [2.75, 3.05) is 11.9 Å². The summed E-state index contributed by atoms with van der Waals surface area (Å²) in [6, 6.07) is 8.87. The Morgan fingerprint density at radius 3 is 2.54 bits per heavy atom. The third-order valence-corrected chi connectivity index (χ3v) is 4.84. The van der Waals surface area contributed by atoms with Gasteiger partial charge in [0.05, 0.1) is 17.3 Å². The number of benzene rings is 1. The molecule has 24 heavy (non-hydrogen) atoms. The lowest BCUT2D eigenvalue weighted by Crippen LogP contribution is -2.25. The average Bonchev–Trinajstić information content (AvgIpc) is 2.88. The van der Waals surface area contributed by atoms with Crippen molar-refractivity contribution >= 4 is 16.6 Å². The van der Waals surface area contributed by atoms with Gasteiger partial charge in [-0.05, 0) is 56.2 Å². The van der Waals surface area contributed by atoms with Crippen molar-refractivity contribution in [3.63, 3.8) is 0 Å². The molecule has 0 radical (unpaired) electrons. The molecule has 0 aliphatic heterocycles. The minimum Gasteiger partial charge on any atom is -0.366 e. The Morgan fingerprint density at radius 1 is 1.17 bits per heavy atom. The number of nitrogens with zero attached hydrogens (tertiary/aromatic N) is 2. The summed E-state index contributed by atoms with van der Waals surface area (Å²) in [6.07, 6.45) is 3.92. The molecule has 0 saturated carbocycles. The molecule has 3 aromatic rings. The van der Waals surface area contributed by atoms with Crippen molar-refractivity contribution < 1.29 is 4.39 Å². The Balaban J connectivity index is 2.08. The molecule has 3 rings (SSSR count). The van der Waals surface area contributed by atoms with Gasteiger partial charge in [-0.1, -0.05) is 13.3 Å². The number of rotatable bonds is 5. The van der Waals surface area contributed by atoms with Crippen LogP contribution in [-0.2, 0) is 0 Å². The minimum atomic E-state index is -0.213. The van der Waals surface area contributed by atoms with Crippen molar-refractivity contribution in [2.24, 2.45) is 0 Å². The number of aryl methyl sites for hydroxylation is 2. The van der Waals surface area contributed by atoms with E-state index in [0.29, 0.717) is 0 Å². The van der Waals surface area contributed by atoms with Crippen LogP contribution in [0.25, 0.3) is 10.9 Å². The van der Waals surface area contributed by atoms with Crippen LogP contribution in [0.2, 0.25) is 0 Å². The zero-order chi connectivity index (χ0) is 17.3. The standard InChI is InChI=1S/C20H24FN3/c1-5-6-18(24(4)16-9-7-15(21)8-10-16)20-19-17(11-12-22-20)13(2)14(3)23-19/h7-12,18,23H,5-6H2,1-4H3. The van der Waals surface area contributed by atoms with Gasteiger partial charge in [0.1, 0.15) is 5.82 Å². The second-order valence-electron chi connectivity index (χ2n) is 6.39. The third-order valence-electron chi connectivity index (χ3n) is 4.84. The van der Waals surface area contributed by atoms with Gasteiger partial charge in [-0.2, -0.15) is 0 Å². The number of aromatic nitrogens is 2. The number of nitrogens with one attached hydrogen (secondary N) is 1. The van der Waals surface area contributed by atoms with E-state index < -0.39 is 0 Å². The van der Waals surface area contributed by atoms with Crippen LogP contribution in [0.3, 0.4) is 0 Å². The summed E-state index contributed by atoms with van der Waals surface area (Å²) in [4.78, 5) is 10.4. The van der Waals surface area contributed by atoms with Gasteiger partial charge in [0.25, 0.3) is 0 Å². The van der Waals surface area contributed by atoms with Crippen LogP contribution in [-0.4, -0.2) is 17.0 Å². The lowest BCUT2D eigenvalue weighted by atomic mass is 10.0. The van der Waals surface area contributed by atoms with Gasteiger partial charge in [0, 0.05) is 30.0 Å². The van der Waals surface area contributed by atoms with Gasteiger partial charge in [-0.15, -0.1) is 0 Å².